The van der Waals surface area contributed by atoms with Gasteiger partial charge in [0.2, 0.25) is 0 Å². The predicted octanol–water partition coefficient (Wildman–Crippen LogP) is 2.53. The van der Waals surface area contributed by atoms with Gasteiger partial charge < -0.3 is 9.47 Å². The number of hydrogen-bond donors (Lipinski definition) is 1. The number of halogens is 2. The molecule has 0 saturated heterocycles. The van der Waals surface area contributed by atoms with Crippen LogP contribution < -0.4 is 0 Å². The van der Waals surface area contributed by atoms with Crippen LogP contribution in [0.3, 0.4) is 0 Å². The molecule has 0 heterocycles. The Hall–Kier alpha value is -1.48. The van der Waals surface area contributed by atoms with E-state index >= 15 is 0 Å². The highest BCUT2D eigenvalue weighted by atomic mass is 32.2. The van der Waals surface area contributed by atoms with E-state index < -0.39 is 27.9 Å². The van der Waals surface area contributed by atoms with E-state index in [-0.39, 0.29) is 29.6 Å². The van der Waals surface area contributed by atoms with Gasteiger partial charge in [0.05, 0.1) is 5.76 Å². The average molecular weight is 366 g/mol. The maximum absolute atomic E-state index is 13.2. The lowest BCUT2D eigenvalue weighted by atomic mass is 9.86. The topological polar surface area (TPSA) is 89.9 Å². The van der Waals surface area contributed by atoms with Crippen molar-refractivity contribution in [2.24, 2.45) is 17.8 Å². The SMILES string of the molecule is C=C(C)C(=O)OC1CC2CC1CC2C(=C)OCC(F)(F)S(=O)(=O)O. The number of fused-ring (bicyclic) bond motifs is 2. The van der Waals surface area contributed by atoms with Gasteiger partial charge in [-0.15, -0.1) is 0 Å². The Morgan fingerprint density at radius 3 is 2.33 bits per heavy atom. The average Bonchev–Trinajstić information content (AvgIpc) is 3.03. The maximum atomic E-state index is 13.2. The van der Waals surface area contributed by atoms with Crippen LogP contribution in [0.15, 0.2) is 24.5 Å². The molecule has 0 amide bonds. The third-order valence-corrected chi connectivity index (χ3v) is 5.49. The van der Waals surface area contributed by atoms with Crippen molar-refractivity contribution in [3.8, 4) is 0 Å². The van der Waals surface area contributed by atoms with Crippen LogP contribution in [-0.4, -0.2) is 36.9 Å². The molecule has 2 aliphatic carbocycles. The summed E-state index contributed by atoms with van der Waals surface area (Å²) in [4.78, 5) is 11.6. The molecule has 2 bridgehead atoms. The number of carbonyl (C=O) groups excluding carboxylic acids is 1. The van der Waals surface area contributed by atoms with Gasteiger partial charge >= 0.3 is 21.3 Å². The normalized spacial score (nSPS) is 29.3. The zero-order valence-corrected chi connectivity index (χ0v) is 14.0. The summed E-state index contributed by atoms with van der Waals surface area (Å²) in [6, 6.07) is 0. The Bertz CT molecular complexity index is 657. The van der Waals surface area contributed by atoms with Crippen LogP contribution in [-0.2, 0) is 24.4 Å². The monoisotopic (exact) mass is 366 g/mol. The molecule has 1 N–H and O–H groups in total. The van der Waals surface area contributed by atoms with Crippen molar-refractivity contribution in [1.29, 1.82) is 0 Å². The lowest BCUT2D eigenvalue weighted by molar-refractivity contribution is -0.147. The van der Waals surface area contributed by atoms with Gasteiger partial charge in [0.15, 0.2) is 6.61 Å². The molecular weight excluding hydrogens is 346 g/mol. The second-order valence-electron chi connectivity index (χ2n) is 6.43. The first kappa shape index (κ1) is 18.9. The fourth-order valence-electron chi connectivity index (χ4n) is 3.36. The van der Waals surface area contributed by atoms with E-state index in [0.717, 1.165) is 6.42 Å². The van der Waals surface area contributed by atoms with Gasteiger partial charge in [0, 0.05) is 11.5 Å². The zero-order valence-electron chi connectivity index (χ0n) is 13.2. The molecule has 136 valence electrons. The van der Waals surface area contributed by atoms with Crippen LogP contribution in [0.1, 0.15) is 26.2 Å². The van der Waals surface area contributed by atoms with E-state index in [1.807, 2.05) is 0 Å². The highest BCUT2D eigenvalue weighted by Gasteiger charge is 2.50. The highest BCUT2D eigenvalue weighted by molar-refractivity contribution is 7.86. The summed E-state index contributed by atoms with van der Waals surface area (Å²) in [6.07, 6.45) is 1.67. The first-order valence-corrected chi connectivity index (χ1v) is 8.89. The molecular formula is C15H20F2O6S. The molecule has 0 aromatic heterocycles. The van der Waals surface area contributed by atoms with Crippen molar-refractivity contribution in [2.75, 3.05) is 6.61 Å². The first-order valence-electron chi connectivity index (χ1n) is 7.45. The molecule has 0 aliphatic heterocycles. The van der Waals surface area contributed by atoms with Crippen molar-refractivity contribution in [3.63, 3.8) is 0 Å². The maximum Gasteiger partial charge on any atom is 0.402 e. The zero-order chi connectivity index (χ0) is 18.3. The summed E-state index contributed by atoms with van der Waals surface area (Å²) >= 11 is 0. The molecule has 0 aromatic rings. The minimum Gasteiger partial charge on any atom is -0.491 e. The number of hydrogen-bond acceptors (Lipinski definition) is 5. The molecule has 2 aliphatic rings. The summed E-state index contributed by atoms with van der Waals surface area (Å²) in [5, 5.41) is -4.38. The predicted molar refractivity (Wildman–Crippen MR) is 80.6 cm³/mol. The third kappa shape index (κ3) is 3.77. The van der Waals surface area contributed by atoms with Crippen LogP contribution in [0, 0.1) is 17.8 Å². The standard InChI is InChI=1S/C15H20F2O6S/c1-8(2)14(18)23-13-6-10-4-11(13)5-12(10)9(3)22-7-15(16,17)24(19,20)21/h10-13H,1,3-7H2,2H3,(H,19,20,21). The Labute approximate surface area is 139 Å². The highest BCUT2D eigenvalue weighted by Crippen LogP contribution is 2.52. The summed E-state index contributed by atoms with van der Waals surface area (Å²) < 4.78 is 66.1. The molecule has 0 radical (unpaired) electrons. The van der Waals surface area contributed by atoms with Crippen LogP contribution in [0.4, 0.5) is 8.78 Å². The van der Waals surface area contributed by atoms with Crippen molar-refractivity contribution in [2.45, 2.75) is 37.5 Å². The molecule has 4 atom stereocenters. The quantitative estimate of drug-likeness (QED) is 0.322. The van der Waals surface area contributed by atoms with E-state index in [0.29, 0.717) is 18.4 Å². The van der Waals surface area contributed by atoms with Crippen LogP contribution in [0.5, 0.6) is 0 Å². The summed E-state index contributed by atoms with van der Waals surface area (Å²) in [5.41, 5.74) is 0.314. The number of alkyl halides is 2. The van der Waals surface area contributed by atoms with Gasteiger partial charge in [-0.3, -0.25) is 4.55 Å². The van der Waals surface area contributed by atoms with Gasteiger partial charge in [-0.25, -0.2) is 4.79 Å². The van der Waals surface area contributed by atoms with E-state index in [2.05, 4.69) is 13.2 Å². The van der Waals surface area contributed by atoms with Crippen LogP contribution in [0.25, 0.3) is 0 Å². The Balaban J connectivity index is 1.88. The Morgan fingerprint density at radius 1 is 1.25 bits per heavy atom. The molecule has 9 heteroatoms. The van der Waals surface area contributed by atoms with E-state index in [1.54, 1.807) is 6.92 Å². The lowest BCUT2D eigenvalue weighted by Gasteiger charge is -2.29. The molecule has 2 saturated carbocycles. The van der Waals surface area contributed by atoms with Crippen LogP contribution in [0.2, 0.25) is 0 Å². The molecule has 0 spiro atoms. The van der Waals surface area contributed by atoms with Gasteiger partial charge in [-0.05, 0) is 38.0 Å². The third-order valence-electron chi connectivity index (χ3n) is 4.62. The Kier molecular flexibility index (Phi) is 5.06. The molecule has 0 aromatic carbocycles. The molecule has 4 unspecified atom stereocenters. The Morgan fingerprint density at radius 2 is 1.88 bits per heavy atom. The summed E-state index contributed by atoms with van der Waals surface area (Å²) in [7, 11) is -5.53. The first-order chi connectivity index (χ1) is 10.9. The van der Waals surface area contributed by atoms with E-state index in [9.17, 15) is 22.0 Å². The number of rotatable bonds is 7. The minimum absolute atomic E-state index is 0.0653. The number of esters is 1. The van der Waals surface area contributed by atoms with Crippen LogP contribution >= 0.6 is 0 Å². The summed E-state index contributed by atoms with van der Waals surface area (Å²) in [6.45, 7) is 7.20. The number of allylic oxidation sites excluding steroid dienone is 1. The summed E-state index contributed by atoms with van der Waals surface area (Å²) in [5.74, 6) is -0.426. The smallest absolute Gasteiger partial charge is 0.402 e. The van der Waals surface area contributed by atoms with Gasteiger partial charge in [-0.1, -0.05) is 13.2 Å². The van der Waals surface area contributed by atoms with Crippen molar-refractivity contribution >= 4 is 16.1 Å². The molecule has 2 rings (SSSR count). The fraction of sp³-hybridized carbons (Fsp3) is 0.667. The number of ether oxygens (including phenoxy) is 2. The lowest BCUT2D eigenvalue weighted by Crippen LogP contribution is -2.34. The largest absolute Gasteiger partial charge is 0.491 e. The van der Waals surface area contributed by atoms with E-state index in [4.69, 9.17) is 14.0 Å². The van der Waals surface area contributed by atoms with Gasteiger partial charge in [-0.2, -0.15) is 17.2 Å². The molecule has 24 heavy (non-hydrogen) atoms. The van der Waals surface area contributed by atoms with Crippen molar-refractivity contribution in [3.05, 3.63) is 24.5 Å². The fourth-order valence-corrected chi connectivity index (χ4v) is 3.57. The van der Waals surface area contributed by atoms with Crippen molar-refractivity contribution in [1.82, 2.24) is 0 Å². The molecule has 2 fully saturated rings. The minimum atomic E-state index is -5.53. The van der Waals surface area contributed by atoms with E-state index in [1.165, 1.54) is 0 Å². The number of carbonyl (C=O) groups is 1. The molecule has 6 nitrogen and oxygen atoms in total. The van der Waals surface area contributed by atoms with Gasteiger partial charge in [0.25, 0.3) is 0 Å². The second-order valence-corrected chi connectivity index (χ2v) is 7.97. The van der Waals surface area contributed by atoms with Gasteiger partial charge in [0.1, 0.15) is 6.10 Å². The second kappa shape index (κ2) is 6.44. The van der Waals surface area contributed by atoms with Crippen molar-refractivity contribution < 1.29 is 36.0 Å².